The lowest BCUT2D eigenvalue weighted by Crippen LogP contribution is -2.26. The van der Waals surface area contributed by atoms with Crippen LogP contribution in [0.3, 0.4) is 0 Å². The fourth-order valence-corrected chi connectivity index (χ4v) is 3.16. The number of unbranched alkanes of at least 4 members (excludes halogenated alkanes) is 2. The second kappa shape index (κ2) is 9.37. The minimum absolute atomic E-state index is 0.305. The molecule has 0 unspecified atom stereocenters. The molecule has 0 N–H and O–H groups in total. The van der Waals surface area contributed by atoms with Gasteiger partial charge in [-0.15, -0.1) is 11.3 Å². The van der Waals surface area contributed by atoms with Gasteiger partial charge < -0.3 is 9.47 Å². The first-order chi connectivity index (χ1) is 11.7. The molecule has 1 aromatic heterocycles. The Balaban J connectivity index is 2.20. The highest BCUT2D eigenvalue weighted by molar-refractivity contribution is 7.18. The van der Waals surface area contributed by atoms with Crippen LogP contribution in [-0.4, -0.2) is 30.1 Å². The smallest absolute Gasteiger partial charge is 0.327 e. The molecule has 0 amide bonds. The molecule has 0 bridgehead atoms. The second-order valence-corrected chi connectivity index (χ2v) is 6.56. The van der Waals surface area contributed by atoms with Gasteiger partial charge in [-0.2, -0.15) is 0 Å². The minimum atomic E-state index is -1.10. The maximum Gasteiger partial charge on any atom is 0.327 e. The van der Waals surface area contributed by atoms with Crippen LogP contribution in [0.5, 0.6) is 0 Å². The zero-order chi connectivity index (χ0) is 17.4. The third-order valence-electron chi connectivity index (χ3n) is 3.51. The Bertz CT molecular complexity index is 627. The molecular formula is C18H23NO4S. The molecule has 24 heavy (non-hydrogen) atoms. The third-order valence-corrected chi connectivity index (χ3v) is 4.61. The van der Waals surface area contributed by atoms with Crippen molar-refractivity contribution in [1.82, 2.24) is 4.98 Å². The highest BCUT2D eigenvalue weighted by atomic mass is 32.1. The highest BCUT2D eigenvalue weighted by Crippen LogP contribution is 2.29. The van der Waals surface area contributed by atoms with Crippen molar-refractivity contribution in [2.75, 3.05) is 13.2 Å². The average molecular weight is 349 g/mol. The van der Waals surface area contributed by atoms with E-state index in [9.17, 15) is 9.59 Å². The Hall–Kier alpha value is -1.95. The average Bonchev–Trinajstić information content (AvgIpc) is 2.99. The predicted octanol–water partition coefficient (Wildman–Crippen LogP) is 4.07. The summed E-state index contributed by atoms with van der Waals surface area (Å²) in [5, 5.41) is 0.430. The van der Waals surface area contributed by atoms with E-state index in [1.165, 1.54) is 11.3 Å². The molecule has 0 aliphatic heterocycles. The van der Waals surface area contributed by atoms with Crippen molar-refractivity contribution in [3.63, 3.8) is 0 Å². The normalized spacial score (nSPS) is 11.0. The maximum absolute atomic E-state index is 12.4. The number of carbonyl (C=O) groups is 2. The summed E-state index contributed by atoms with van der Waals surface area (Å²) in [7, 11) is 0. The van der Waals surface area contributed by atoms with Crippen molar-refractivity contribution >= 4 is 33.5 Å². The Kier molecular flexibility index (Phi) is 7.18. The lowest BCUT2D eigenvalue weighted by Gasteiger charge is -2.13. The Morgan fingerprint density at radius 3 is 2.17 bits per heavy atom. The molecule has 0 atom stereocenters. The number of rotatable bonds is 9. The van der Waals surface area contributed by atoms with Crippen LogP contribution < -0.4 is 0 Å². The van der Waals surface area contributed by atoms with Crippen LogP contribution >= 0.6 is 11.3 Å². The lowest BCUT2D eigenvalue weighted by atomic mass is 10.1. The van der Waals surface area contributed by atoms with E-state index in [0.717, 1.165) is 35.9 Å². The van der Waals surface area contributed by atoms with Crippen molar-refractivity contribution < 1.29 is 19.1 Å². The van der Waals surface area contributed by atoms with Gasteiger partial charge in [0.2, 0.25) is 5.92 Å². The minimum Gasteiger partial charge on any atom is -0.465 e. The first-order valence-corrected chi connectivity index (χ1v) is 9.17. The number of para-hydroxylation sites is 1. The van der Waals surface area contributed by atoms with Gasteiger partial charge in [0.1, 0.15) is 5.01 Å². The van der Waals surface area contributed by atoms with E-state index in [4.69, 9.17) is 9.47 Å². The molecule has 130 valence electrons. The van der Waals surface area contributed by atoms with Gasteiger partial charge in [0.25, 0.3) is 0 Å². The van der Waals surface area contributed by atoms with E-state index >= 15 is 0 Å². The summed E-state index contributed by atoms with van der Waals surface area (Å²) in [5.74, 6) is -2.26. The van der Waals surface area contributed by atoms with Crippen LogP contribution in [0.1, 0.15) is 50.5 Å². The summed E-state index contributed by atoms with van der Waals surface area (Å²) < 4.78 is 11.4. The lowest BCUT2D eigenvalue weighted by molar-refractivity contribution is -0.157. The van der Waals surface area contributed by atoms with Crippen molar-refractivity contribution in [2.24, 2.45) is 0 Å². The fourth-order valence-electron chi connectivity index (χ4n) is 2.11. The molecule has 5 nitrogen and oxygen atoms in total. The standard InChI is InChI=1S/C18H23NO4S/c1-3-5-11-22-17(20)15(18(21)23-12-6-4-2)16-19-13-9-7-8-10-14(13)24-16/h7-10,15H,3-6,11-12H2,1-2H3. The topological polar surface area (TPSA) is 65.5 Å². The summed E-state index contributed by atoms with van der Waals surface area (Å²) in [6.45, 7) is 4.63. The van der Waals surface area contributed by atoms with Gasteiger partial charge in [0.05, 0.1) is 23.4 Å². The van der Waals surface area contributed by atoms with Gasteiger partial charge in [-0.3, -0.25) is 9.59 Å². The molecule has 2 aromatic rings. The molecule has 1 heterocycles. The molecule has 6 heteroatoms. The number of thiazole rings is 1. The molecule has 0 saturated carbocycles. The molecule has 0 aliphatic carbocycles. The molecule has 0 spiro atoms. The number of ether oxygens (including phenoxy) is 2. The van der Waals surface area contributed by atoms with Crippen LogP contribution in [0.15, 0.2) is 24.3 Å². The van der Waals surface area contributed by atoms with Crippen molar-refractivity contribution in [3.05, 3.63) is 29.3 Å². The van der Waals surface area contributed by atoms with Crippen LogP contribution in [0, 0.1) is 0 Å². The molecule has 0 saturated heterocycles. The first-order valence-electron chi connectivity index (χ1n) is 8.36. The predicted molar refractivity (Wildman–Crippen MR) is 94.1 cm³/mol. The summed E-state index contributed by atoms with van der Waals surface area (Å²) in [5.41, 5.74) is 0.769. The van der Waals surface area contributed by atoms with Gasteiger partial charge in [-0.1, -0.05) is 38.8 Å². The van der Waals surface area contributed by atoms with E-state index in [1.54, 1.807) is 0 Å². The molecule has 1 aromatic carbocycles. The third kappa shape index (κ3) is 4.77. The number of fused-ring (bicyclic) bond motifs is 1. The Labute approximate surface area is 146 Å². The van der Waals surface area contributed by atoms with E-state index in [0.29, 0.717) is 18.2 Å². The number of nitrogens with zero attached hydrogens (tertiary/aromatic N) is 1. The number of benzene rings is 1. The summed E-state index contributed by atoms with van der Waals surface area (Å²) in [4.78, 5) is 29.3. The maximum atomic E-state index is 12.4. The number of hydrogen-bond donors (Lipinski definition) is 0. The van der Waals surface area contributed by atoms with Crippen LogP contribution in [0.25, 0.3) is 10.2 Å². The van der Waals surface area contributed by atoms with Gasteiger partial charge in [0.15, 0.2) is 0 Å². The number of esters is 2. The van der Waals surface area contributed by atoms with Crippen molar-refractivity contribution in [1.29, 1.82) is 0 Å². The van der Waals surface area contributed by atoms with Crippen LogP contribution in [-0.2, 0) is 19.1 Å². The van der Waals surface area contributed by atoms with Gasteiger partial charge in [-0.25, -0.2) is 4.98 Å². The summed E-state index contributed by atoms with van der Waals surface area (Å²) >= 11 is 1.33. The monoisotopic (exact) mass is 349 g/mol. The van der Waals surface area contributed by atoms with Crippen molar-refractivity contribution in [2.45, 2.75) is 45.4 Å². The van der Waals surface area contributed by atoms with E-state index in [-0.39, 0.29) is 0 Å². The molecule has 2 rings (SSSR count). The zero-order valence-electron chi connectivity index (χ0n) is 14.1. The van der Waals surface area contributed by atoms with Gasteiger partial charge in [-0.05, 0) is 25.0 Å². The number of aromatic nitrogens is 1. The van der Waals surface area contributed by atoms with E-state index < -0.39 is 17.9 Å². The number of hydrogen-bond acceptors (Lipinski definition) is 6. The fraction of sp³-hybridized carbons (Fsp3) is 0.500. The summed E-state index contributed by atoms with van der Waals surface area (Å²) in [6, 6.07) is 7.55. The van der Waals surface area contributed by atoms with Crippen LogP contribution in [0.4, 0.5) is 0 Å². The Morgan fingerprint density at radius 2 is 1.62 bits per heavy atom. The molecular weight excluding hydrogens is 326 g/mol. The molecule has 0 fully saturated rings. The zero-order valence-corrected chi connectivity index (χ0v) is 14.9. The quantitative estimate of drug-likeness (QED) is 0.388. The van der Waals surface area contributed by atoms with Crippen molar-refractivity contribution in [3.8, 4) is 0 Å². The van der Waals surface area contributed by atoms with E-state index in [2.05, 4.69) is 4.98 Å². The van der Waals surface area contributed by atoms with E-state index in [1.807, 2.05) is 38.1 Å². The SMILES string of the molecule is CCCCOC(=O)C(C(=O)OCCCC)c1nc2ccccc2s1. The summed E-state index contributed by atoms with van der Waals surface area (Å²) in [6.07, 6.45) is 3.37. The number of carbonyl (C=O) groups excluding carboxylic acids is 2. The van der Waals surface area contributed by atoms with Gasteiger partial charge >= 0.3 is 11.9 Å². The van der Waals surface area contributed by atoms with Gasteiger partial charge in [0, 0.05) is 0 Å². The largest absolute Gasteiger partial charge is 0.465 e. The second-order valence-electron chi connectivity index (χ2n) is 5.49. The first kappa shape index (κ1) is 18.4. The molecule has 0 aliphatic rings. The molecule has 0 radical (unpaired) electrons. The highest BCUT2D eigenvalue weighted by Gasteiger charge is 2.34. The Morgan fingerprint density at radius 1 is 1.04 bits per heavy atom. The van der Waals surface area contributed by atoms with Crippen LogP contribution in [0.2, 0.25) is 0 Å².